The number of carbonyl (C=O) groups is 1. The molecule has 28 heavy (non-hydrogen) atoms. The number of aryl methyl sites for hydroxylation is 1. The summed E-state index contributed by atoms with van der Waals surface area (Å²) in [4.78, 5) is 17.2. The minimum absolute atomic E-state index is 0.167. The van der Waals surface area contributed by atoms with E-state index in [0.717, 1.165) is 49.8 Å². The number of benzene rings is 1. The standard InChI is InChI=1S/C21H25N3O4/c1-15-22-20(24-28-15)21(10-4-2-3-5-11-21)23-19(25)9-7-16-6-8-17-18(14-16)27-13-12-26-17/h6-9,14H,2-5,10-13H2,1H3,(H,23,25). The van der Waals surface area contributed by atoms with Crippen LogP contribution in [-0.4, -0.2) is 29.3 Å². The number of carbonyl (C=O) groups excluding carboxylic acids is 1. The Morgan fingerprint density at radius 1 is 1.11 bits per heavy atom. The highest BCUT2D eigenvalue weighted by Crippen LogP contribution is 2.35. The van der Waals surface area contributed by atoms with E-state index in [9.17, 15) is 4.79 Å². The highest BCUT2D eigenvalue weighted by atomic mass is 16.6. The average molecular weight is 383 g/mol. The van der Waals surface area contributed by atoms with E-state index in [2.05, 4.69) is 15.5 Å². The predicted molar refractivity (Wildman–Crippen MR) is 103 cm³/mol. The quantitative estimate of drug-likeness (QED) is 0.642. The maximum Gasteiger partial charge on any atom is 0.244 e. The monoisotopic (exact) mass is 383 g/mol. The van der Waals surface area contributed by atoms with E-state index in [4.69, 9.17) is 14.0 Å². The topological polar surface area (TPSA) is 86.5 Å². The molecule has 0 saturated heterocycles. The molecule has 7 nitrogen and oxygen atoms in total. The van der Waals surface area contributed by atoms with Gasteiger partial charge >= 0.3 is 0 Å². The maximum atomic E-state index is 12.7. The Labute approximate surface area is 164 Å². The summed E-state index contributed by atoms with van der Waals surface area (Å²) in [7, 11) is 0. The first-order valence-corrected chi connectivity index (χ1v) is 9.85. The van der Waals surface area contributed by atoms with Crippen LogP contribution in [0.15, 0.2) is 28.8 Å². The van der Waals surface area contributed by atoms with Crippen LogP contribution in [0.25, 0.3) is 6.08 Å². The van der Waals surface area contributed by atoms with Gasteiger partial charge in [0.25, 0.3) is 0 Å². The molecule has 1 fully saturated rings. The van der Waals surface area contributed by atoms with Crippen LogP contribution >= 0.6 is 0 Å². The number of ether oxygens (including phenoxy) is 2. The normalized spacial score (nSPS) is 18.6. The van der Waals surface area contributed by atoms with Gasteiger partial charge < -0.3 is 19.3 Å². The Morgan fingerprint density at radius 3 is 2.57 bits per heavy atom. The Hall–Kier alpha value is -2.83. The highest BCUT2D eigenvalue weighted by molar-refractivity contribution is 5.92. The number of nitrogens with one attached hydrogen (secondary N) is 1. The van der Waals surface area contributed by atoms with Crippen molar-refractivity contribution in [3.05, 3.63) is 41.6 Å². The first-order chi connectivity index (χ1) is 13.6. The van der Waals surface area contributed by atoms with Gasteiger partial charge in [-0.3, -0.25) is 4.79 Å². The first kappa shape index (κ1) is 18.5. The zero-order valence-corrected chi connectivity index (χ0v) is 16.1. The van der Waals surface area contributed by atoms with Gasteiger partial charge in [0.2, 0.25) is 11.8 Å². The molecule has 2 aromatic rings. The van der Waals surface area contributed by atoms with Crippen LogP contribution in [0.3, 0.4) is 0 Å². The lowest BCUT2D eigenvalue weighted by Crippen LogP contribution is -2.45. The van der Waals surface area contributed by atoms with Crippen molar-refractivity contribution in [1.82, 2.24) is 15.5 Å². The molecule has 0 atom stereocenters. The third kappa shape index (κ3) is 4.03. The summed E-state index contributed by atoms with van der Waals surface area (Å²) < 4.78 is 16.3. The fraction of sp³-hybridized carbons (Fsp3) is 0.476. The van der Waals surface area contributed by atoms with Crippen molar-refractivity contribution in [1.29, 1.82) is 0 Å². The molecule has 2 heterocycles. The van der Waals surface area contributed by atoms with Gasteiger partial charge in [0.05, 0.1) is 0 Å². The number of hydrogen-bond acceptors (Lipinski definition) is 6. The van der Waals surface area contributed by atoms with E-state index in [-0.39, 0.29) is 5.91 Å². The molecule has 1 N–H and O–H groups in total. The summed E-state index contributed by atoms with van der Waals surface area (Å²) in [6.45, 7) is 2.86. The molecule has 1 aliphatic carbocycles. The van der Waals surface area contributed by atoms with E-state index >= 15 is 0 Å². The molecule has 2 aliphatic rings. The molecule has 1 amide bonds. The second kappa shape index (κ2) is 8.04. The van der Waals surface area contributed by atoms with Crippen LogP contribution in [0.2, 0.25) is 0 Å². The minimum atomic E-state index is -0.567. The van der Waals surface area contributed by atoms with Crippen LogP contribution in [0, 0.1) is 6.92 Å². The molecule has 0 radical (unpaired) electrons. The molecule has 0 unspecified atom stereocenters. The fourth-order valence-electron chi connectivity index (χ4n) is 3.84. The zero-order valence-electron chi connectivity index (χ0n) is 16.1. The van der Waals surface area contributed by atoms with Crippen molar-refractivity contribution >= 4 is 12.0 Å². The van der Waals surface area contributed by atoms with Crippen molar-refractivity contribution < 1.29 is 18.8 Å². The highest BCUT2D eigenvalue weighted by Gasteiger charge is 2.38. The van der Waals surface area contributed by atoms with Gasteiger partial charge in [-0.25, -0.2) is 0 Å². The van der Waals surface area contributed by atoms with Gasteiger partial charge in [-0.05, 0) is 36.6 Å². The molecule has 148 valence electrons. The number of hydrogen-bond donors (Lipinski definition) is 1. The van der Waals surface area contributed by atoms with Crippen molar-refractivity contribution in [2.24, 2.45) is 0 Å². The summed E-state index contributed by atoms with van der Waals surface area (Å²) in [6.07, 6.45) is 9.32. The SMILES string of the molecule is Cc1nc(C2(NC(=O)C=Cc3ccc4c(c3)OCCO4)CCCCCC2)no1. The smallest absolute Gasteiger partial charge is 0.244 e. The predicted octanol–water partition coefficient (Wildman–Crippen LogP) is 3.53. The Bertz CT molecular complexity index is 866. The van der Waals surface area contributed by atoms with Crippen molar-refractivity contribution in [2.75, 3.05) is 13.2 Å². The number of nitrogens with zero attached hydrogens (tertiary/aromatic N) is 2. The third-order valence-corrected chi connectivity index (χ3v) is 5.27. The lowest BCUT2D eigenvalue weighted by Gasteiger charge is -2.30. The molecule has 1 aromatic heterocycles. The maximum absolute atomic E-state index is 12.7. The minimum Gasteiger partial charge on any atom is -0.486 e. The Kier molecular flexibility index (Phi) is 5.32. The van der Waals surface area contributed by atoms with Gasteiger partial charge in [-0.2, -0.15) is 4.98 Å². The molecule has 0 bridgehead atoms. The summed E-state index contributed by atoms with van der Waals surface area (Å²) >= 11 is 0. The van der Waals surface area contributed by atoms with Crippen LogP contribution in [-0.2, 0) is 10.3 Å². The molecule has 4 rings (SSSR count). The Balaban J connectivity index is 1.50. The molecule has 7 heteroatoms. The first-order valence-electron chi connectivity index (χ1n) is 9.85. The van der Waals surface area contributed by atoms with Gasteiger partial charge in [0, 0.05) is 13.0 Å². The summed E-state index contributed by atoms with van der Waals surface area (Å²) in [5.74, 6) is 2.36. The van der Waals surface area contributed by atoms with E-state index in [1.54, 1.807) is 19.1 Å². The largest absolute Gasteiger partial charge is 0.486 e. The lowest BCUT2D eigenvalue weighted by atomic mass is 9.89. The molecule has 1 saturated carbocycles. The van der Waals surface area contributed by atoms with Crippen molar-refractivity contribution in [3.63, 3.8) is 0 Å². The van der Waals surface area contributed by atoms with E-state index < -0.39 is 5.54 Å². The summed E-state index contributed by atoms with van der Waals surface area (Å²) in [5.41, 5.74) is 0.312. The number of amides is 1. The molecule has 1 aliphatic heterocycles. The summed E-state index contributed by atoms with van der Waals surface area (Å²) in [5, 5.41) is 7.29. The van der Waals surface area contributed by atoms with Crippen molar-refractivity contribution in [2.45, 2.75) is 51.0 Å². The average Bonchev–Trinajstić information content (AvgIpc) is 3.02. The van der Waals surface area contributed by atoms with Gasteiger partial charge in [-0.15, -0.1) is 0 Å². The zero-order chi connectivity index (χ0) is 19.4. The third-order valence-electron chi connectivity index (χ3n) is 5.27. The second-order valence-corrected chi connectivity index (χ2v) is 7.36. The van der Waals surface area contributed by atoms with Gasteiger partial charge in [0.15, 0.2) is 17.3 Å². The fourth-order valence-corrected chi connectivity index (χ4v) is 3.84. The number of rotatable bonds is 4. The van der Waals surface area contributed by atoms with E-state index in [1.165, 1.54) is 0 Å². The second-order valence-electron chi connectivity index (χ2n) is 7.36. The molecule has 1 aromatic carbocycles. The van der Waals surface area contributed by atoms with Crippen molar-refractivity contribution in [3.8, 4) is 11.5 Å². The van der Waals surface area contributed by atoms with E-state index in [1.807, 2.05) is 18.2 Å². The Morgan fingerprint density at radius 2 is 1.86 bits per heavy atom. The van der Waals surface area contributed by atoms with Gasteiger partial charge in [0.1, 0.15) is 18.8 Å². The van der Waals surface area contributed by atoms with Crippen LogP contribution < -0.4 is 14.8 Å². The number of fused-ring (bicyclic) bond motifs is 1. The summed E-state index contributed by atoms with van der Waals surface area (Å²) in [6, 6.07) is 5.64. The molecular formula is C21H25N3O4. The van der Waals surface area contributed by atoms with Crippen LogP contribution in [0.5, 0.6) is 11.5 Å². The van der Waals surface area contributed by atoms with E-state index in [0.29, 0.717) is 30.7 Å². The van der Waals surface area contributed by atoms with Gasteiger partial charge in [-0.1, -0.05) is 36.9 Å². The molecular weight excluding hydrogens is 358 g/mol. The van der Waals surface area contributed by atoms with Crippen LogP contribution in [0.1, 0.15) is 55.8 Å². The lowest BCUT2D eigenvalue weighted by molar-refractivity contribution is -0.118. The molecule has 0 spiro atoms. The number of aromatic nitrogens is 2. The van der Waals surface area contributed by atoms with Crippen LogP contribution in [0.4, 0.5) is 0 Å².